The van der Waals surface area contributed by atoms with Crippen molar-refractivity contribution in [2.75, 3.05) is 20.1 Å². The normalized spacial score (nSPS) is 16.7. The topological polar surface area (TPSA) is 32.3 Å². The van der Waals surface area contributed by atoms with Crippen LogP contribution in [0.4, 0.5) is 0 Å². The highest BCUT2D eigenvalue weighted by molar-refractivity contribution is 14.1. The molecule has 1 aliphatic rings. The Morgan fingerprint density at radius 3 is 2.65 bits per heavy atom. The number of hydrogen-bond acceptors (Lipinski definition) is 3. The molecule has 1 saturated heterocycles. The number of amides is 1. The number of likely N-dealkylation sites (tertiary alicyclic amines) is 1. The van der Waals surface area contributed by atoms with Crippen molar-refractivity contribution >= 4 is 52.2 Å². The van der Waals surface area contributed by atoms with Crippen molar-refractivity contribution in [3.63, 3.8) is 0 Å². The minimum absolute atomic E-state index is 0. The second-order valence-electron chi connectivity index (χ2n) is 3.99. The zero-order valence-corrected chi connectivity index (χ0v) is 13.4. The van der Waals surface area contributed by atoms with Gasteiger partial charge in [-0.05, 0) is 48.5 Å². The first kappa shape index (κ1) is 15.2. The lowest BCUT2D eigenvalue weighted by Gasteiger charge is -2.31. The van der Waals surface area contributed by atoms with E-state index in [0.717, 1.165) is 31.5 Å². The van der Waals surface area contributed by atoms with E-state index in [2.05, 4.69) is 27.9 Å². The van der Waals surface area contributed by atoms with Crippen molar-refractivity contribution in [1.82, 2.24) is 10.2 Å². The lowest BCUT2D eigenvalue weighted by molar-refractivity contribution is 0.0708. The molecule has 1 aromatic heterocycles. The average molecular weight is 387 g/mol. The first-order chi connectivity index (χ1) is 7.70. The van der Waals surface area contributed by atoms with Gasteiger partial charge >= 0.3 is 0 Å². The molecule has 0 atom stereocenters. The molecule has 0 aromatic carbocycles. The van der Waals surface area contributed by atoms with Gasteiger partial charge in [-0.3, -0.25) is 4.79 Å². The van der Waals surface area contributed by atoms with Gasteiger partial charge in [0.2, 0.25) is 0 Å². The van der Waals surface area contributed by atoms with Gasteiger partial charge in [0.25, 0.3) is 5.91 Å². The first-order valence-electron chi connectivity index (χ1n) is 5.41. The van der Waals surface area contributed by atoms with Crippen LogP contribution in [0.3, 0.4) is 0 Å². The lowest BCUT2D eigenvalue weighted by atomic mass is 10.0. The quantitative estimate of drug-likeness (QED) is 0.793. The highest BCUT2D eigenvalue weighted by Gasteiger charge is 2.23. The molecule has 0 aliphatic carbocycles. The molecule has 0 bridgehead atoms. The Hall–Kier alpha value is 0.150. The minimum Gasteiger partial charge on any atom is -0.339 e. The van der Waals surface area contributed by atoms with Gasteiger partial charge in [-0.2, -0.15) is 0 Å². The maximum Gasteiger partial charge on any atom is 0.254 e. The number of nitrogens with zero attached hydrogens (tertiary/aromatic N) is 1. The summed E-state index contributed by atoms with van der Waals surface area (Å²) in [6.07, 6.45) is 2.12. The number of halogens is 2. The number of carbonyl (C=O) groups is 1. The van der Waals surface area contributed by atoms with Crippen molar-refractivity contribution in [1.29, 1.82) is 0 Å². The standard InChI is InChI=1S/C11H15IN2OS.ClH/c1-13-9-2-4-14(5-3-9)11(15)8-6-10(12)16-7-8;/h6-7,9,13H,2-5H2,1H3;1H. The first-order valence-corrected chi connectivity index (χ1v) is 7.37. The van der Waals surface area contributed by atoms with Crippen LogP contribution >= 0.6 is 46.3 Å². The fraction of sp³-hybridized carbons (Fsp3) is 0.545. The van der Waals surface area contributed by atoms with E-state index in [1.807, 2.05) is 23.4 Å². The van der Waals surface area contributed by atoms with E-state index in [9.17, 15) is 4.79 Å². The van der Waals surface area contributed by atoms with Gasteiger partial charge in [0, 0.05) is 24.5 Å². The predicted molar refractivity (Wildman–Crippen MR) is 82.3 cm³/mol. The number of piperidine rings is 1. The SMILES string of the molecule is CNC1CCN(C(=O)c2csc(I)c2)CC1.Cl. The summed E-state index contributed by atoms with van der Waals surface area (Å²) in [6, 6.07) is 2.55. The Balaban J connectivity index is 0.00000144. The number of thiophene rings is 1. The molecule has 1 N–H and O–H groups in total. The van der Waals surface area contributed by atoms with Crippen LogP contribution in [-0.4, -0.2) is 37.0 Å². The summed E-state index contributed by atoms with van der Waals surface area (Å²) in [7, 11) is 1.99. The number of carbonyl (C=O) groups excluding carboxylic acids is 1. The Morgan fingerprint density at radius 1 is 1.53 bits per heavy atom. The van der Waals surface area contributed by atoms with Crippen LogP contribution in [0, 0.1) is 2.88 Å². The molecule has 3 nitrogen and oxygen atoms in total. The number of nitrogens with one attached hydrogen (secondary N) is 1. The Labute approximate surface area is 126 Å². The smallest absolute Gasteiger partial charge is 0.254 e. The van der Waals surface area contributed by atoms with Crippen LogP contribution < -0.4 is 5.32 Å². The molecule has 1 fully saturated rings. The zero-order chi connectivity index (χ0) is 11.5. The summed E-state index contributed by atoms with van der Waals surface area (Å²) in [4.78, 5) is 14.1. The molecule has 96 valence electrons. The van der Waals surface area contributed by atoms with E-state index in [4.69, 9.17) is 0 Å². The van der Waals surface area contributed by atoms with Crippen LogP contribution in [0.1, 0.15) is 23.2 Å². The second-order valence-corrected chi connectivity index (χ2v) is 6.80. The van der Waals surface area contributed by atoms with E-state index < -0.39 is 0 Å². The van der Waals surface area contributed by atoms with E-state index in [1.54, 1.807) is 11.3 Å². The summed E-state index contributed by atoms with van der Waals surface area (Å²) in [5.41, 5.74) is 0.845. The van der Waals surface area contributed by atoms with Gasteiger partial charge in [-0.25, -0.2) is 0 Å². The molecular formula is C11H16ClIN2OS. The summed E-state index contributed by atoms with van der Waals surface area (Å²) in [5.74, 6) is 0.189. The molecule has 1 aliphatic heterocycles. The summed E-state index contributed by atoms with van der Waals surface area (Å²) >= 11 is 3.88. The molecule has 17 heavy (non-hydrogen) atoms. The van der Waals surface area contributed by atoms with Crippen LogP contribution in [0.15, 0.2) is 11.4 Å². The fourth-order valence-electron chi connectivity index (χ4n) is 1.98. The van der Waals surface area contributed by atoms with Crippen LogP contribution in [0.2, 0.25) is 0 Å². The predicted octanol–water partition coefficient (Wildman–Crippen LogP) is 2.60. The maximum absolute atomic E-state index is 12.1. The highest BCUT2D eigenvalue weighted by Crippen LogP contribution is 2.20. The zero-order valence-electron chi connectivity index (χ0n) is 9.61. The monoisotopic (exact) mass is 386 g/mol. The maximum atomic E-state index is 12.1. The minimum atomic E-state index is 0. The highest BCUT2D eigenvalue weighted by atomic mass is 127. The fourth-order valence-corrected chi connectivity index (χ4v) is 3.30. The Kier molecular flexibility index (Phi) is 6.19. The molecule has 1 amide bonds. The van der Waals surface area contributed by atoms with Crippen LogP contribution in [-0.2, 0) is 0 Å². The van der Waals surface area contributed by atoms with Gasteiger partial charge in [0.15, 0.2) is 0 Å². The van der Waals surface area contributed by atoms with Gasteiger partial charge in [-0.1, -0.05) is 0 Å². The molecular weight excluding hydrogens is 371 g/mol. The molecule has 0 saturated carbocycles. The van der Waals surface area contributed by atoms with Crippen LogP contribution in [0.25, 0.3) is 0 Å². The average Bonchev–Trinajstić information content (AvgIpc) is 2.75. The van der Waals surface area contributed by atoms with Crippen molar-refractivity contribution in [3.05, 3.63) is 19.9 Å². The largest absolute Gasteiger partial charge is 0.339 e. The third-order valence-electron chi connectivity index (χ3n) is 3.00. The molecule has 0 spiro atoms. The second kappa shape index (κ2) is 6.92. The summed E-state index contributed by atoms with van der Waals surface area (Å²) < 4.78 is 1.17. The Bertz CT molecular complexity index is 377. The van der Waals surface area contributed by atoms with Gasteiger partial charge in [0.05, 0.1) is 8.45 Å². The van der Waals surface area contributed by atoms with Gasteiger partial charge in [0.1, 0.15) is 0 Å². The summed E-state index contributed by atoms with van der Waals surface area (Å²) in [5, 5.41) is 5.22. The van der Waals surface area contributed by atoms with E-state index in [1.165, 1.54) is 2.88 Å². The van der Waals surface area contributed by atoms with Crippen molar-refractivity contribution in [2.45, 2.75) is 18.9 Å². The molecule has 2 heterocycles. The molecule has 0 unspecified atom stereocenters. The third-order valence-corrected chi connectivity index (χ3v) is 4.79. The molecule has 2 rings (SSSR count). The summed E-state index contributed by atoms with van der Waals surface area (Å²) in [6.45, 7) is 1.74. The van der Waals surface area contributed by atoms with Gasteiger partial charge < -0.3 is 10.2 Å². The molecule has 6 heteroatoms. The molecule has 1 aromatic rings. The van der Waals surface area contributed by atoms with Crippen molar-refractivity contribution in [2.24, 2.45) is 0 Å². The van der Waals surface area contributed by atoms with Crippen molar-refractivity contribution < 1.29 is 4.79 Å². The Morgan fingerprint density at radius 2 is 2.18 bits per heavy atom. The third kappa shape index (κ3) is 3.81. The van der Waals surface area contributed by atoms with E-state index in [-0.39, 0.29) is 18.3 Å². The number of hydrogen-bond donors (Lipinski definition) is 1. The van der Waals surface area contributed by atoms with E-state index in [0.29, 0.717) is 6.04 Å². The van der Waals surface area contributed by atoms with Gasteiger partial charge in [-0.15, -0.1) is 23.7 Å². The van der Waals surface area contributed by atoms with Crippen molar-refractivity contribution in [3.8, 4) is 0 Å². The lowest BCUT2D eigenvalue weighted by Crippen LogP contribution is -2.43. The number of rotatable bonds is 2. The van der Waals surface area contributed by atoms with E-state index >= 15 is 0 Å². The van der Waals surface area contributed by atoms with Crippen LogP contribution in [0.5, 0.6) is 0 Å². The molecule has 0 radical (unpaired) electrons.